The maximum atomic E-state index is 13.1. The van der Waals surface area contributed by atoms with Gasteiger partial charge in [-0.1, -0.05) is 0 Å². The van der Waals surface area contributed by atoms with Crippen molar-refractivity contribution in [2.24, 2.45) is 0 Å². The van der Waals surface area contributed by atoms with Crippen molar-refractivity contribution >= 4 is 11.7 Å². The van der Waals surface area contributed by atoms with Crippen LogP contribution in [-0.4, -0.2) is 20.2 Å². The van der Waals surface area contributed by atoms with Gasteiger partial charge in [0.1, 0.15) is 5.82 Å². The fraction of sp³-hybridized carbons (Fsp3) is 0.300. The quantitative estimate of drug-likeness (QED) is 0.608. The van der Waals surface area contributed by atoms with Gasteiger partial charge in [-0.05, 0) is 12.1 Å². The number of anilines is 1. The number of hydrogen-bond donors (Lipinski definition) is 1. The number of esters is 1. The number of rotatable bonds is 3. The zero-order valence-corrected chi connectivity index (χ0v) is 8.54. The minimum atomic E-state index is -0.663. The third-order valence-corrected chi connectivity index (χ3v) is 1.94. The number of hydrogen-bond acceptors (Lipinski definition) is 4. The SMILES string of the molecule is COCc1cc(F)cc(C(=O)OC)c1N. The Hall–Kier alpha value is -1.62. The summed E-state index contributed by atoms with van der Waals surface area (Å²) in [6.45, 7) is 0.146. The minimum Gasteiger partial charge on any atom is -0.465 e. The molecular weight excluding hydrogens is 201 g/mol. The van der Waals surface area contributed by atoms with Crippen LogP contribution in [0.2, 0.25) is 0 Å². The minimum absolute atomic E-state index is 0.0181. The zero-order chi connectivity index (χ0) is 11.4. The molecule has 15 heavy (non-hydrogen) atoms. The van der Waals surface area contributed by atoms with Gasteiger partial charge in [-0.2, -0.15) is 0 Å². The summed E-state index contributed by atoms with van der Waals surface area (Å²) in [5, 5.41) is 0. The largest absolute Gasteiger partial charge is 0.465 e. The Morgan fingerprint density at radius 3 is 2.67 bits per heavy atom. The Labute approximate surface area is 86.8 Å². The van der Waals surface area contributed by atoms with E-state index in [4.69, 9.17) is 10.5 Å². The lowest BCUT2D eigenvalue weighted by Crippen LogP contribution is -2.09. The predicted octanol–water partition coefficient (Wildman–Crippen LogP) is 1.34. The van der Waals surface area contributed by atoms with Crippen LogP contribution < -0.4 is 5.73 Å². The molecular formula is C10H12FNO3. The molecule has 0 aliphatic heterocycles. The lowest BCUT2D eigenvalue weighted by atomic mass is 10.1. The van der Waals surface area contributed by atoms with Gasteiger partial charge in [-0.25, -0.2) is 9.18 Å². The Morgan fingerprint density at radius 1 is 1.47 bits per heavy atom. The van der Waals surface area contributed by atoms with Gasteiger partial charge in [0.05, 0.1) is 25.0 Å². The standard InChI is InChI=1S/C10H12FNO3/c1-14-5-6-3-7(11)4-8(9(6)12)10(13)15-2/h3-4H,5,12H2,1-2H3. The second-order valence-electron chi connectivity index (χ2n) is 2.95. The third-order valence-electron chi connectivity index (χ3n) is 1.94. The normalized spacial score (nSPS) is 10.1. The number of nitrogen functional groups attached to an aromatic ring is 1. The molecule has 5 heteroatoms. The summed E-state index contributed by atoms with van der Waals surface area (Å²) in [6, 6.07) is 2.27. The summed E-state index contributed by atoms with van der Waals surface area (Å²) < 4.78 is 22.4. The first-order valence-electron chi connectivity index (χ1n) is 4.25. The Morgan fingerprint density at radius 2 is 2.13 bits per heavy atom. The smallest absolute Gasteiger partial charge is 0.340 e. The molecule has 0 aliphatic carbocycles. The molecule has 0 spiro atoms. The van der Waals surface area contributed by atoms with Gasteiger partial charge in [0, 0.05) is 12.7 Å². The monoisotopic (exact) mass is 213 g/mol. The lowest BCUT2D eigenvalue weighted by molar-refractivity contribution is 0.0601. The first-order valence-corrected chi connectivity index (χ1v) is 4.25. The highest BCUT2D eigenvalue weighted by Crippen LogP contribution is 2.21. The Kier molecular flexibility index (Phi) is 3.62. The summed E-state index contributed by atoms with van der Waals surface area (Å²) in [5.41, 5.74) is 6.30. The van der Waals surface area contributed by atoms with Gasteiger partial charge in [0.2, 0.25) is 0 Å². The van der Waals surface area contributed by atoms with E-state index in [1.54, 1.807) is 0 Å². The fourth-order valence-corrected chi connectivity index (χ4v) is 1.23. The van der Waals surface area contributed by atoms with E-state index in [1.807, 2.05) is 0 Å². The fourth-order valence-electron chi connectivity index (χ4n) is 1.23. The highest BCUT2D eigenvalue weighted by Gasteiger charge is 2.15. The number of benzene rings is 1. The van der Waals surface area contributed by atoms with Crippen LogP contribution in [0.5, 0.6) is 0 Å². The second kappa shape index (κ2) is 4.75. The molecule has 0 saturated carbocycles. The van der Waals surface area contributed by atoms with Crippen molar-refractivity contribution in [2.45, 2.75) is 6.61 Å². The molecule has 0 atom stereocenters. The average molecular weight is 213 g/mol. The third kappa shape index (κ3) is 2.44. The van der Waals surface area contributed by atoms with Crippen molar-refractivity contribution in [2.75, 3.05) is 20.0 Å². The van der Waals surface area contributed by atoms with E-state index < -0.39 is 11.8 Å². The Bertz CT molecular complexity index is 379. The Balaban J connectivity index is 3.21. The van der Waals surface area contributed by atoms with Gasteiger partial charge in [-0.3, -0.25) is 0 Å². The molecule has 0 bridgehead atoms. The van der Waals surface area contributed by atoms with Crippen molar-refractivity contribution < 1.29 is 18.7 Å². The number of carbonyl (C=O) groups is 1. The molecule has 0 radical (unpaired) electrons. The molecule has 82 valence electrons. The summed E-state index contributed by atoms with van der Waals surface area (Å²) in [6.07, 6.45) is 0. The van der Waals surface area contributed by atoms with Crippen LogP contribution >= 0.6 is 0 Å². The van der Waals surface area contributed by atoms with Gasteiger partial charge >= 0.3 is 5.97 Å². The van der Waals surface area contributed by atoms with Crippen molar-refractivity contribution in [1.29, 1.82) is 0 Å². The summed E-state index contributed by atoms with van der Waals surface area (Å²) in [4.78, 5) is 11.2. The zero-order valence-electron chi connectivity index (χ0n) is 8.54. The maximum absolute atomic E-state index is 13.1. The predicted molar refractivity (Wildman–Crippen MR) is 52.9 cm³/mol. The summed E-state index contributed by atoms with van der Waals surface area (Å²) in [5.74, 6) is -1.21. The van der Waals surface area contributed by atoms with Crippen LogP contribution in [0.4, 0.5) is 10.1 Å². The molecule has 1 rings (SSSR count). The topological polar surface area (TPSA) is 61.5 Å². The highest BCUT2D eigenvalue weighted by molar-refractivity contribution is 5.95. The summed E-state index contributed by atoms with van der Waals surface area (Å²) in [7, 11) is 2.67. The van der Waals surface area contributed by atoms with Crippen LogP contribution in [0, 0.1) is 5.82 Å². The van der Waals surface area contributed by atoms with Crippen LogP contribution in [0.3, 0.4) is 0 Å². The van der Waals surface area contributed by atoms with Gasteiger partial charge in [-0.15, -0.1) is 0 Å². The van der Waals surface area contributed by atoms with E-state index in [9.17, 15) is 9.18 Å². The van der Waals surface area contributed by atoms with E-state index in [-0.39, 0.29) is 17.9 Å². The molecule has 0 aliphatic rings. The number of carbonyl (C=O) groups excluding carboxylic acids is 1. The van der Waals surface area contributed by atoms with Crippen molar-refractivity contribution in [3.8, 4) is 0 Å². The van der Waals surface area contributed by atoms with E-state index in [0.29, 0.717) is 5.56 Å². The number of halogens is 1. The van der Waals surface area contributed by atoms with E-state index in [2.05, 4.69) is 4.74 Å². The van der Waals surface area contributed by atoms with Crippen molar-refractivity contribution in [3.05, 3.63) is 29.1 Å². The van der Waals surface area contributed by atoms with Crippen LogP contribution in [-0.2, 0) is 16.1 Å². The molecule has 1 aromatic carbocycles. The molecule has 4 nitrogen and oxygen atoms in total. The molecule has 0 heterocycles. The molecule has 1 aromatic rings. The van der Waals surface area contributed by atoms with Gasteiger partial charge < -0.3 is 15.2 Å². The molecule has 0 aromatic heterocycles. The van der Waals surface area contributed by atoms with Crippen LogP contribution in [0.25, 0.3) is 0 Å². The number of nitrogens with two attached hydrogens (primary N) is 1. The van der Waals surface area contributed by atoms with E-state index in [1.165, 1.54) is 20.3 Å². The number of methoxy groups -OCH3 is 2. The second-order valence-corrected chi connectivity index (χ2v) is 2.95. The molecule has 2 N–H and O–H groups in total. The molecule has 0 amide bonds. The first-order chi connectivity index (χ1) is 7.10. The van der Waals surface area contributed by atoms with Crippen LogP contribution in [0.15, 0.2) is 12.1 Å². The molecule has 0 fully saturated rings. The maximum Gasteiger partial charge on any atom is 0.340 e. The van der Waals surface area contributed by atoms with Gasteiger partial charge in [0.25, 0.3) is 0 Å². The van der Waals surface area contributed by atoms with Crippen molar-refractivity contribution in [3.63, 3.8) is 0 Å². The van der Waals surface area contributed by atoms with E-state index in [0.717, 1.165) is 6.07 Å². The molecule has 0 unspecified atom stereocenters. The van der Waals surface area contributed by atoms with Crippen molar-refractivity contribution in [1.82, 2.24) is 0 Å². The lowest BCUT2D eigenvalue weighted by Gasteiger charge is -2.09. The van der Waals surface area contributed by atoms with Gasteiger partial charge in [0.15, 0.2) is 0 Å². The molecule has 0 saturated heterocycles. The van der Waals surface area contributed by atoms with E-state index >= 15 is 0 Å². The highest BCUT2D eigenvalue weighted by atomic mass is 19.1. The average Bonchev–Trinajstić information content (AvgIpc) is 2.22. The number of ether oxygens (including phenoxy) is 2. The first kappa shape index (κ1) is 11.5. The summed E-state index contributed by atoms with van der Waals surface area (Å²) >= 11 is 0. The van der Waals surface area contributed by atoms with Crippen LogP contribution in [0.1, 0.15) is 15.9 Å².